The highest BCUT2D eigenvalue weighted by Gasteiger charge is 2.21. The third kappa shape index (κ3) is 4.01. The van der Waals surface area contributed by atoms with Gasteiger partial charge in [-0.1, -0.05) is 61.8 Å². The highest BCUT2D eigenvalue weighted by molar-refractivity contribution is 9.12. The Morgan fingerprint density at radius 2 is 1.52 bits per heavy atom. The molecule has 2 rings (SSSR count). The molecule has 0 fully saturated rings. The van der Waals surface area contributed by atoms with Crippen molar-refractivity contribution in [1.29, 1.82) is 0 Å². The standard InChI is InChI=1S/C17H19Br3S/c1-9(2)11-5-6-12(13(7-11)10(3)4)16(19)14-8-15(18)21-17(14)20/h5-10,16H,1-4H3. The minimum atomic E-state index is 0.216. The zero-order chi connectivity index (χ0) is 15.7. The Morgan fingerprint density at radius 1 is 0.857 bits per heavy atom. The first-order valence-electron chi connectivity index (χ1n) is 7.03. The van der Waals surface area contributed by atoms with Crippen LogP contribution < -0.4 is 0 Å². The van der Waals surface area contributed by atoms with Gasteiger partial charge in [0.1, 0.15) is 0 Å². The number of halogens is 3. The minimum Gasteiger partial charge on any atom is -0.121 e. The van der Waals surface area contributed by atoms with Crippen molar-refractivity contribution in [2.24, 2.45) is 0 Å². The summed E-state index contributed by atoms with van der Waals surface area (Å²) < 4.78 is 2.33. The lowest BCUT2D eigenvalue weighted by Gasteiger charge is -2.20. The molecule has 114 valence electrons. The summed E-state index contributed by atoms with van der Waals surface area (Å²) in [6.45, 7) is 9.02. The maximum Gasteiger partial charge on any atom is 0.0757 e. The van der Waals surface area contributed by atoms with Crippen molar-refractivity contribution in [1.82, 2.24) is 0 Å². The molecule has 1 aromatic carbocycles. The van der Waals surface area contributed by atoms with Crippen molar-refractivity contribution in [3.63, 3.8) is 0 Å². The van der Waals surface area contributed by atoms with Gasteiger partial charge in [-0.05, 0) is 72.0 Å². The van der Waals surface area contributed by atoms with Crippen molar-refractivity contribution >= 4 is 59.1 Å². The first kappa shape index (κ1) is 17.7. The van der Waals surface area contributed by atoms with Crippen molar-refractivity contribution in [2.75, 3.05) is 0 Å². The van der Waals surface area contributed by atoms with E-state index in [1.54, 1.807) is 11.3 Å². The van der Waals surface area contributed by atoms with Crippen LogP contribution in [0.5, 0.6) is 0 Å². The topological polar surface area (TPSA) is 0 Å². The SMILES string of the molecule is CC(C)c1ccc(C(Br)c2cc(Br)sc2Br)c(C(C)C)c1. The summed E-state index contributed by atoms with van der Waals surface area (Å²) in [6.07, 6.45) is 0. The van der Waals surface area contributed by atoms with Crippen LogP contribution >= 0.6 is 59.1 Å². The first-order chi connectivity index (χ1) is 9.81. The summed E-state index contributed by atoms with van der Waals surface area (Å²) >= 11 is 12.9. The van der Waals surface area contributed by atoms with E-state index >= 15 is 0 Å². The van der Waals surface area contributed by atoms with Gasteiger partial charge in [-0.15, -0.1) is 11.3 Å². The van der Waals surface area contributed by atoms with Crippen LogP contribution in [0.3, 0.4) is 0 Å². The van der Waals surface area contributed by atoms with Gasteiger partial charge >= 0.3 is 0 Å². The molecule has 21 heavy (non-hydrogen) atoms. The largest absolute Gasteiger partial charge is 0.121 e. The summed E-state index contributed by atoms with van der Waals surface area (Å²) in [5.74, 6) is 1.08. The molecule has 2 aromatic rings. The number of rotatable bonds is 4. The average Bonchev–Trinajstić information content (AvgIpc) is 2.76. The maximum atomic E-state index is 3.89. The van der Waals surface area contributed by atoms with Crippen LogP contribution in [0.4, 0.5) is 0 Å². The van der Waals surface area contributed by atoms with Crippen molar-refractivity contribution in [2.45, 2.75) is 44.4 Å². The molecule has 0 saturated heterocycles. The van der Waals surface area contributed by atoms with Gasteiger partial charge in [0.15, 0.2) is 0 Å². The monoisotopic (exact) mass is 492 g/mol. The lowest BCUT2D eigenvalue weighted by atomic mass is 9.89. The number of alkyl halides is 1. The maximum absolute atomic E-state index is 3.89. The fourth-order valence-corrected chi connectivity index (χ4v) is 6.52. The second-order valence-electron chi connectivity index (χ2n) is 5.84. The molecular formula is C17H19Br3S. The molecule has 0 aliphatic heterocycles. The Kier molecular flexibility index (Phi) is 6.15. The van der Waals surface area contributed by atoms with Gasteiger partial charge < -0.3 is 0 Å². The Balaban J connectivity index is 2.50. The van der Waals surface area contributed by atoms with Crippen LogP contribution in [0, 0.1) is 0 Å². The summed E-state index contributed by atoms with van der Waals surface area (Å²) in [5.41, 5.74) is 5.48. The summed E-state index contributed by atoms with van der Waals surface area (Å²) in [7, 11) is 0. The van der Waals surface area contributed by atoms with E-state index in [1.165, 1.54) is 26.0 Å². The summed E-state index contributed by atoms with van der Waals surface area (Å²) in [4.78, 5) is 0.216. The van der Waals surface area contributed by atoms with Gasteiger partial charge in [0, 0.05) is 0 Å². The van der Waals surface area contributed by atoms with E-state index in [9.17, 15) is 0 Å². The van der Waals surface area contributed by atoms with E-state index in [2.05, 4.69) is 99.8 Å². The van der Waals surface area contributed by atoms with Gasteiger partial charge in [-0.3, -0.25) is 0 Å². The lowest BCUT2D eigenvalue weighted by molar-refractivity contribution is 0.820. The highest BCUT2D eigenvalue weighted by atomic mass is 79.9. The molecule has 4 heteroatoms. The molecule has 0 saturated carbocycles. The molecule has 0 N–H and O–H groups in total. The normalized spacial score (nSPS) is 13.2. The Bertz CT molecular complexity index is 629. The number of benzene rings is 1. The second kappa shape index (κ2) is 7.29. The molecule has 1 aromatic heterocycles. The van der Waals surface area contributed by atoms with E-state index in [0.717, 1.165) is 3.79 Å². The first-order valence-corrected chi connectivity index (χ1v) is 10.4. The third-order valence-corrected chi connectivity index (χ3v) is 7.00. The van der Waals surface area contributed by atoms with Gasteiger partial charge in [0.25, 0.3) is 0 Å². The molecule has 0 spiro atoms. The van der Waals surface area contributed by atoms with Gasteiger partial charge in [-0.25, -0.2) is 0 Å². The highest BCUT2D eigenvalue weighted by Crippen LogP contribution is 2.44. The zero-order valence-electron chi connectivity index (χ0n) is 12.6. The summed E-state index contributed by atoms with van der Waals surface area (Å²) in [6, 6.07) is 9.10. The zero-order valence-corrected chi connectivity index (χ0v) is 18.2. The fourth-order valence-electron chi connectivity index (χ4n) is 2.38. The van der Waals surface area contributed by atoms with Crippen LogP contribution in [0.15, 0.2) is 31.8 Å². The predicted octanol–water partition coefficient (Wildman–Crippen LogP) is 8.00. The Morgan fingerprint density at radius 3 is 2.00 bits per heavy atom. The van der Waals surface area contributed by atoms with Crippen molar-refractivity contribution in [3.8, 4) is 0 Å². The molecule has 0 aliphatic carbocycles. The van der Waals surface area contributed by atoms with E-state index in [4.69, 9.17) is 0 Å². The number of thiophene rings is 1. The number of hydrogen-bond acceptors (Lipinski definition) is 1. The van der Waals surface area contributed by atoms with Crippen molar-refractivity contribution in [3.05, 3.63) is 54.1 Å². The molecule has 0 amide bonds. The molecule has 0 bridgehead atoms. The third-order valence-electron chi connectivity index (χ3n) is 3.63. The quantitative estimate of drug-likeness (QED) is 0.377. The second-order valence-corrected chi connectivity index (χ2v) is 10.5. The van der Waals surface area contributed by atoms with Crippen LogP contribution in [0.2, 0.25) is 0 Å². The molecular weight excluding hydrogens is 476 g/mol. The Hall–Kier alpha value is 0.360. The minimum absolute atomic E-state index is 0.216. The average molecular weight is 495 g/mol. The van der Waals surface area contributed by atoms with Crippen LogP contribution in [-0.2, 0) is 0 Å². The smallest absolute Gasteiger partial charge is 0.0757 e. The Labute approximate surface area is 156 Å². The number of hydrogen-bond donors (Lipinski definition) is 0. The van der Waals surface area contributed by atoms with Gasteiger partial charge in [0.05, 0.1) is 12.4 Å². The van der Waals surface area contributed by atoms with Crippen LogP contribution in [0.1, 0.15) is 66.6 Å². The van der Waals surface area contributed by atoms with Gasteiger partial charge in [0.2, 0.25) is 0 Å². The molecule has 0 aliphatic rings. The van der Waals surface area contributed by atoms with E-state index < -0.39 is 0 Å². The molecule has 1 unspecified atom stereocenters. The van der Waals surface area contributed by atoms with E-state index in [1.807, 2.05) is 0 Å². The van der Waals surface area contributed by atoms with Gasteiger partial charge in [-0.2, -0.15) is 0 Å². The summed E-state index contributed by atoms with van der Waals surface area (Å²) in [5, 5.41) is 0. The predicted molar refractivity (Wildman–Crippen MR) is 105 cm³/mol. The van der Waals surface area contributed by atoms with E-state index in [0.29, 0.717) is 11.8 Å². The lowest BCUT2D eigenvalue weighted by Crippen LogP contribution is -2.02. The molecule has 0 nitrogen and oxygen atoms in total. The van der Waals surface area contributed by atoms with Crippen molar-refractivity contribution < 1.29 is 0 Å². The molecule has 1 heterocycles. The van der Waals surface area contributed by atoms with Crippen LogP contribution in [0.25, 0.3) is 0 Å². The van der Waals surface area contributed by atoms with E-state index in [-0.39, 0.29) is 4.83 Å². The molecule has 0 radical (unpaired) electrons. The fraction of sp³-hybridized carbons (Fsp3) is 0.412. The molecule has 1 atom stereocenters. The van der Waals surface area contributed by atoms with Crippen LogP contribution in [-0.4, -0.2) is 0 Å².